The van der Waals surface area contributed by atoms with Gasteiger partial charge in [0.15, 0.2) is 0 Å². The van der Waals surface area contributed by atoms with Crippen LogP contribution in [0.4, 0.5) is 0 Å². The van der Waals surface area contributed by atoms with Crippen molar-refractivity contribution in [1.82, 2.24) is 5.32 Å². The number of aryl methyl sites for hydroxylation is 1. The van der Waals surface area contributed by atoms with E-state index < -0.39 is 0 Å². The van der Waals surface area contributed by atoms with Gasteiger partial charge in [-0.25, -0.2) is 0 Å². The van der Waals surface area contributed by atoms with Gasteiger partial charge in [-0.15, -0.1) is 0 Å². The summed E-state index contributed by atoms with van der Waals surface area (Å²) in [5.74, 6) is 0.747. The third-order valence-corrected chi connectivity index (χ3v) is 3.78. The Morgan fingerprint density at radius 1 is 1.41 bits per heavy atom. The smallest absolute Gasteiger partial charge is 0.0495 e. The average molecular weight is 233 g/mol. The standard InChI is InChI=1S/C15H23NO/c1-12-5-3-4-6-14(12)10-15(16-2)9-13-7-8-17-11-13/h3-6,13,15-16H,7-11H2,1-2H3. The molecule has 1 N–H and O–H groups in total. The minimum Gasteiger partial charge on any atom is -0.381 e. The Hall–Kier alpha value is -0.860. The summed E-state index contributed by atoms with van der Waals surface area (Å²) < 4.78 is 5.45. The van der Waals surface area contributed by atoms with Gasteiger partial charge in [-0.2, -0.15) is 0 Å². The molecule has 0 bridgehead atoms. The fourth-order valence-electron chi connectivity index (χ4n) is 2.58. The van der Waals surface area contributed by atoms with Crippen LogP contribution < -0.4 is 5.32 Å². The van der Waals surface area contributed by atoms with E-state index in [1.54, 1.807) is 0 Å². The second kappa shape index (κ2) is 6.18. The molecule has 2 heteroatoms. The van der Waals surface area contributed by atoms with Crippen LogP contribution in [0.3, 0.4) is 0 Å². The SMILES string of the molecule is CNC(Cc1ccccc1C)CC1CCOC1. The zero-order chi connectivity index (χ0) is 12.1. The number of likely N-dealkylation sites (N-methyl/N-ethyl adjacent to an activating group) is 1. The Balaban J connectivity index is 1.92. The van der Waals surface area contributed by atoms with Crippen LogP contribution in [0.25, 0.3) is 0 Å². The molecule has 2 unspecified atom stereocenters. The number of rotatable bonds is 5. The molecule has 1 saturated heterocycles. The molecule has 0 amide bonds. The molecule has 0 aliphatic carbocycles. The highest BCUT2D eigenvalue weighted by Gasteiger charge is 2.20. The quantitative estimate of drug-likeness (QED) is 0.844. The topological polar surface area (TPSA) is 21.3 Å². The van der Waals surface area contributed by atoms with Crippen LogP contribution in [-0.4, -0.2) is 26.3 Å². The van der Waals surface area contributed by atoms with E-state index in [0.29, 0.717) is 6.04 Å². The lowest BCUT2D eigenvalue weighted by atomic mass is 9.93. The van der Waals surface area contributed by atoms with E-state index >= 15 is 0 Å². The van der Waals surface area contributed by atoms with Gasteiger partial charge in [0.25, 0.3) is 0 Å². The average Bonchev–Trinajstić information content (AvgIpc) is 2.84. The molecule has 1 aliphatic rings. The maximum Gasteiger partial charge on any atom is 0.0495 e. The van der Waals surface area contributed by atoms with Crippen molar-refractivity contribution < 1.29 is 4.74 Å². The molecule has 94 valence electrons. The molecule has 2 atom stereocenters. The van der Waals surface area contributed by atoms with Crippen molar-refractivity contribution in [2.75, 3.05) is 20.3 Å². The van der Waals surface area contributed by atoms with Crippen molar-refractivity contribution >= 4 is 0 Å². The molecular formula is C15H23NO. The summed E-state index contributed by atoms with van der Waals surface area (Å²) in [4.78, 5) is 0. The van der Waals surface area contributed by atoms with Crippen molar-refractivity contribution in [2.24, 2.45) is 5.92 Å². The van der Waals surface area contributed by atoms with Gasteiger partial charge in [0, 0.05) is 19.3 Å². The normalized spacial score (nSPS) is 21.6. The van der Waals surface area contributed by atoms with E-state index in [4.69, 9.17) is 4.74 Å². The number of hydrogen-bond donors (Lipinski definition) is 1. The van der Waals surface area contributed by atoms with Crippen LogP contribution in [0.1, 0.15) is 24.0 Å². The number of ether oxygens (including phenoxy) is 1. The Morgan fingerprint density at radius 3 is 2.88 bits per heavy atom. The van der Waals surface area contributed by atoms with E-state index in [2.05, 4.69) is 43.6 Å². The lowest BCUT2D eigenvalue weighted by Gasteiger charge is -2.20. The Kier molecular flexibility index (Phi) is 4.57. The fraction of sp³-hybridized carbons (Fsp3) is 0.600. The van der Waals surface area contributed by atoms with Crippen LogP contribution in [0.2, 0.25) is 0 Å². The van der Waals surface area contributed by atoms with Gasteiger partial charge in [0.2, 0.25) is 0 Å². The molecule has 1 aromatic rings. The van der Waals surface area contributed by atoms with Crippen LogP contribution in [0, 0.1) is 12.8 Å². The molecule has 0 spiro atoms. The van der Waals surface area contributed by atoms with Gasteiger partial charge in [-0.1, -0.05) is 24.3 Å². The zero-order valence-corrected chi connectivity index (χ0v) is 10.9. The molecule has 2 rings (SSSR count). The zero-order valence-electron chi connectivity index (χ0n) is 10.9. The number of benzene rings is 1. The molecule has 0 aromatic heterocycles. The summed E-state index contributed by atoms with van der Waals surface area (Å²) in [6.07, 6.45) is 3.58. The molecule has 0 radical (unpaired) electrons. The Labute approximate surface area is 104 Å². The van der Waals surface area contributed by atoms with Crippen LogP contribution in [-0.2, 0) is 11.2 Å². The summed E-state index contributed by atoms with van der Waals surface area (Å²) in [6, 6.07) is 9.25. The predicted molar refractivity (Wildman–Crippen MR) is 71.3 cm³/mol. The summed E-state index contributed by atoms with van der Waals surface area (Å²) >= 11 is 0. The first kappa shape index (κ1) is 12.6. The molecule has 1 fully saturated rings. The second-order valence-electron chi connectivity index (χ2n) is 5.08. The fourth-order valence-corrected chi connectivity index (χ4v) is 2.58. The van der Waals surface area contributed by atoms with Crippen LogP contribution in [0.5, 0.6) is 0 Å². The van der Waals surface area contributed by atoms with E-state index in [1.165, 1.54) is 24.0 Å². The first-order chi connectivity index (χ1) is 8.29. The van der Waals surface area contributed by atoms with E-state index in [-0.39, 0.29) is 0 Å². The third kappa shape index (κ3) is 3.55. The third-order valence-electron chi connectivity index (χ3n) is 3.78. The highest BCUT2D eigenvalue weighted by atomic mass is 16.5. The first-order valence-electron chi connectivity index (χ1n) is 6.59. The second-order valence-corrected chi connectivity index (χ2v) is 5.08. The van der Waals surface area contributed by atoms with Crippen LogP contribution in [0.15, 0.2) is 24.3 Å². The molecule has 1 aliphatic heterocycles. The largest absolute Gasteiger partial charge is 0.381 e. The van der Waals surface area contributed by atoms with Crippen molar-refractivity contribution in [2.45, 2.75) is 32.2 Å². The van der Waals surface area contributed by atoms with E-state index in [1.807, 2.05) is 0 Å². The van der Waals surface area contributed by atoms with Crippen molar-refractivity contribution in [3.05, 3.63) is 35.4 Å². The van der Waals surface area contributed by atoms with Gasteiger partial charge in [0.1, 0.15) is 0 Å². The van der Waals surface area contributed by atoms with E-state index in [9.17, 15) is 0 Å². The lowest BCUT2D eigenvalue weighted by molar-refractivity contribution is 0.181. The van der Waals surface area contributed by atoms with E-state index in [0.717, 1.165) is 25.6 Å². The number of nitrogens with one attached hydrogen (secondary N) is 1. The monoisotopic (exact) mass is 233 g/mol. The van der Waals surface area contributed by atoms with Gasteiger partial charge in [-0.3, -0.25) is 0 Å². The maximum absolute atomic E-state index is 5.45. The molecule has 1 heterocycles. The molecular weight excluding hydrogens is 210 g/mol. The lowest BCUT2D eigenvalue weighted by Crippen LogP contribution is -2.30. The predicted octanol–water partition coefficient (Wildman–Crippen LogP) is 2.55. The summed E-state index contributed by atoms with van der Waals surface area (Å²) in [5.41, 5.74) is 2.86. The van der Waals surface area contributed by atoms with Crippen molar-refractivity contribution in [3.63, 3.8) is 0 Å². The molecule has 17 heavy (non-hydrogen) atoms. The summed E-state index contributed by atoms with van der Waals surface area (Å²) in [7, 11) is 2.07. The van der Waals surface area contributed by atoms with Gasteiger partial charge in [-0.05, 0) is 50.3 Å². The highest BCUT2D eigenvalue weighted by Crippen LogP contribution is 2.20. The van der Waals surface area contributed by atoms with Crippen LogP contribution >= 0.6 is 0 Å². The molecule has 2 nitrogen and oxygen atoms in total. The summed E-state index contributed by atoms with van der Waals surface area (Å²) in [5, 5.41) is 3.45. The maximum atomic E-state index is 5.45. The number of hydrogen-bond acceptors (Lipinski definition) is 2. The first-order valence-corrected chi connectivity index (χ1v) is 6.59. The Bertz CT molecular complexity index is 345. The van der Waals surface area contributed by atoms with Gasteiger partial charge >= 0.3 is 0 Å². The Morgan fingerprint density at radius 2 is 2.24 bits per heavy atom. The summed E-state index contributed by atoms with van der Waals surface area (Å²) in [6.45, 7) is 4.10. The minimum atomic E-state index is 0.572. The highest BCUT2D eigenvalue weighted by molar-refractivity contribution is 5.26. The van der Waals surface area contributed by atoms with Crippen molar-refractivity contribution in [1.29, 1.82) is 0 Å². The molecule has 1 aromatic carbocycles. The van der Waals surface area contributed by atoms with Crippen molar-refractivity contribution in [3.8, 4) is 0 Å². The molecule has 0 saturated carbocycles. The van der Waals surface area contributed by atoms with Gasteiger partial charge < -0.3 is 10.1 Å². The van der Waals surface area contributed by atoms with Gasteiger partial charge in [0.05, 0.1) is 0 Å². The minimum absolute atomic E-state index is 0.572.